The van der Waals surface area contributed by atoms with E-state index in [1.165, 1.54) is 17.8 Å². The molecule has 0 amide bonds. The van der Waals surface area contributed by atoms with Crippen LogP contribution in [0.3, 0.4) is 0 Å². The van der Waals surface area contributed by atoms with Gasteiger partial charge in [-0.05, 0) is 43.3 Å². The maximum atomic E-state index is 5.25. The predicted octanol–water partition coefficient (Wildman–Crippen LogP) is 4.06. The lowest BCUT2D eigenvalue weighted by atomic mass is 9.99. The van der Waals surface area contributed by atoms with Gasteiger partial charge in [0.25, 0.3) is 0 Å². The normalized spacial score (nSPS) is 15.5. The second-order valence-electron chi connectivity index (χ2n) is 5.74. The van der Waals surface area contributed by atoms with Gasteiger partial charge < -0.3 is 11.2 Å². The zero-order valence-electron chi connectivity index (χ0n) is 14.0. The third-order valence-corrected chi connectivity index (χ3v) is 6.02. The molecular formula is C17H22N6S2. The van der Waals surface area contributed by atoms with Crippen LogP contribution in [0.2, 0.25) is 0 Å². The van der Waals surface area contributed by atoms with Crippen LogP contribution in [0.25, 0.3) is 0 Å². The van der Waals surface area contributed by atoms with Crippen LogP contribution in [0.1, 0.15) is 29.5 Å². The number of hydrogen-bond acceptors (Lipinski definition) is 6. The molecule has 1 aliphatic rings. The van der Waals surface area contributed by atoms with E-state index in [-0.39, 0.29) is 0 Å². The highest BCUT2D eigenvalue weighted by atomic mass is 32.2. The summed E-state index contributed by atoms with van der Waals surface area (Å²) >= 11 is 3.35. The van der Waals surface area contributed by atoms with Crippen LogP contribution in [0.5, 0.6) is 0 Å². The fourth-order valence-electron chi connectivity index (χ4n) is 2.73. The first-order valence-corrected chi connectivity index (χ1v) is 10.1. The monoisotopic (exact) mass is 374 g/mol. The quantitative estimate of drug-likeness (QED) is 0.434. The summed E-state index contributed by atoms with van der Waals surface area (Å²) in [4.78, 5) is 4.82. The molecule has 1 aliphatic heterocycles. The highest BCUT2D eigenvalue weighted by Crippen LogP contribution is 2.32. The Morgan fingerprint density at radius 3 is 2.84 bits per heavy atom. The van der Waals surface area contributed by atoms with Crippen molar-refractivity contribution in [3.8, 4) is 0 Å². The molecule has 6 nitrogen and oxygen atoms in total. The van der Waals surface area contributed by atoms with Crippen molar-refractivity contribution in [2.45, 2.75) is 24.5 Å². The van der Waals surface area contributed by atoms with E-state index in [0.29, 0.717) is 5.92 Å². The van der Waals surface area contributed by atoms with Gasteiger partial charge in [-0.3, -0.25) is 0 Å². The summed E-state index contributed by atoms with van der Waals surface area (Å²) in [5, 5.41) is 16.6. The van der Waals surface area contributed by atoms with Gasteiger partial charge in [0, 0.05) is 17.1 Å². The Morgan fingerprint density at radius 2 is 2.12 bits per heavy atom. The van der Waals surface area contributed by atoms with Crippen LogP contribution < -0.4 is 16.2 Å². The van der Waals surface area contributed by atoms with E-state index in [2.05, 4.69) is 27.7 Å². The molecule has 1 aromatic carbocycles. The molecule has 2 heterocycles. The van der Waals surface area contributed by atoms with Crippen LogP contribution in [-0.2, 0) is 5.75 Å². The minimum absolute atomic E-state index is 0.597. The van der Waals surface area contributed by atoms with Gasteiger partial charge in [-0.25, -0.2) is 9.99 Å². The Hall–Kier alpha value is -1.90. The Kier molecular flexibility index (Phi) is 6.43. The number of thiazole rings is 1. The first-order chi connectivity index (χ1) is 12.3. The number of nitrogens with two attached hydrogens (primary N) is 1. The van der Waals surface area contributed by atoms with Crippen LogP contribution in [0.15, 0.2) is 57.8 Å². The van der Waals surface area contributed by atoms with Crippen molar-refractivity contribution >= 4 is 28.8 Å². The number of thioether (sulfide) groups is 1. The van der Waals surface area contributed by atoms with E-state index in [1.807, 2.05) is 30.3 Å². The Labute approximate surface area is 156 Å². The molecule has 0 saturated carbocycles. The molecule has 0 bridgehead atoms. The molecule has 3 N–H and O–H groups in total. The largest absolute Gasteiger partial charge is 0.317 e. The molecule has 3 rings (SSSR count). The number of piperidine rings is 1. The number of aromatic nitrogens is 1. The number of hydrogen-bond donors (Lipinski definition) is 2. The molecule has 1 saturated heterocycles. The van der Waals surface area contributed by atoms with E-state index >= 15 is 0 Å². The SMILES string of the molecule is C=C(SCc1csc(C2CCNCC2)n1)N(/N=N\N)c1ccccc1. The van der Waals surface area contributed by atoms with Crippen molar-refractivity contribution in [2.75, 3.05) is 18.1 Å². The average Bonchev–Trinajstić information content (AvgIpc) is 3.15. The smallest absolute Gasteiger partial charge is 0.0960 e. The minimum Gasteiger partial charge on any atom is -0.317 e. The van der Waals surface area contributed by atoms with Gasteiger partial charge in [-0.15, -0.1) is 23.1 Å². The molecule has 0 radical (unpaired) electrons. The number of anilines is 1. The lowest BCUT2D eigenvalue weighted by molar-refractivity contribution is 0.459. The van der Waals surface area contributed by atoms with E-state index in [9.17, 15) is 0 Å². The number of benzene rings is 1. The van der Waals surface area contributed by atoms with Crippen molar-refractivity contribution in [1.82, 2.24) is 10.3 Å². The van der Waals surface area contributed by atoms with Gasteiger partial charge >= 0.3 is 0 Å². The maximum Gasteiger partial charge on any atom is 0.0960 e. The lowest BCUT2D eigenvalue weighted by Crippen LogP contribution is -2.26. The van der Waals surface area contributed by atoms with Gasteiger partial charge in [-0.2, -0.15) is 0 Å². The molecular weight excluding hydrogens is 352 g/mol. The summed E-state index contributed by atoms with van der Waals surface area (Å²) in [6, 6.07) is 9.72. The second-order valence-corrected chi connectivity index (χ2v) is 7.67. The summed E-state index contributed by atoms with van der Waals surface area (Å²) in [6.45, 7) is 6.28. The van der Waals surface area contributed by atoms with Crippen molar-refractivity contribution in [2.24, 2.45) is 16.3 Å². The van der Waals surface area contributed by atoms with Crippen LogP contribution in [-0.4, -0.2) is 18.1 Å². The third-order valence-electron chi connectivity index (χ3n) is 4.02. The summed E-state index contributed by atoms with van der Waals surface area (Å²) < 4.78 is 0. The van der Waals surface area contributed by atoms with Crippen LogP contribution >= 0.6 is 23.1 Å². The summed E-state index contributed by atoms with van der Waals surface area (Å²) in [6.07, 6.45) is 2.34. The van der Waals surface area contributed by atoms with Crippen molar-refractivity contribution < 1.29 is 0 Å². The number of nitrogens with zero attached hydrogens (tertiary/aromatic N) is 4. The molecule has 0 spiro atoms. The Bertz CT molecular complexity index is 709. The van der Waals surface area contributed by atoms with Crippen molar-refractivity contribution in [1.29, 1.82) is 0 Å². The van der Waals surface area contributed by atoms with Crippen molar-refractivity contribution in [3.05, 3.63) is 58.0 Å². The van der Waals surface area contributed by atoms with E-state index < -0.39 is 0 Å². The highest BCUT2D eigenvalue weighted by molar-refractivity contribution is 8.02. The minimum atomic E-state index is 0.597. The zero-order chi connectivity index (χ0) is 17.5. The first kappa shape index (κ1) is 17.9. The van der Waals surface area contributed by atoms with Crippen LogP contribution in [0, 0.1) is 0 Å². The fourth-order valence-corrected chi connectivity index (χ4v) is 4.55. The van der Waals surface area contributed by atoms with E-state index in [4.69, 9.17) is 10.8 Å². The molecule has 0 unspecified atom stereocenters. The number of rotatable bonds is 7. The van der Waals surface area contributed by atoms with E-state index in [1.54, 1.807) is 28.1 Å². The average molecular weight is 375 g/mol. The Morgan fingerprint density at radius 1 is 1.36 bits per heavy atom. The molecule has 8 heteroatoms. The van der Waals surface area contributed by atoms with Gasteiger partial charge in [0.2, 0.25) is 0 Å². The molecule has 1 fully saturated rings. The molecule has 0 atom stereocenters. The van der Waals surface area contributed by atoms with Gasteiger partial charge in [0.1, 0.15) is 0 Å². The summed E-state index contributed by atoms with van der Waals surface area (Å²) in [7, 11) is 0. The lowest BCUT2D eigenvalue weighted by Gasteiger charge is -2.20. The van der Waals surface area contributed by atoms with Gasteiger partial charge in [-0.1, -0.05) is 30.0 Å². The second kappa shape index (κ2) is 8.98. The molecule has 0 aliphatic carbocycles. The number of nitrogens with one attached hydrogen (secondary N) is 1. The van der Waals surface area contributed by atoms with Gasteiger partial charge in [0.05, 0.1) is 21.4 Å². The first-order valence-electron chi connectivity index (χ1n) is 8.20. The topological polar surface area (TPSA) is 78.9 Å². The molecule has 25 heavy (non-hydrogen) atoms. The number of para-hydroxylation sites is 1. The molecule has 2 aromatic rings. The van der Waals surface area contributed by atoms with E-state index in [0.717, 1.165) is 35.3 Å². The fraction of sp³-hybridized carbons (Fsp3) is 0.353. The molecule has 132 valence electrons. The highest BCUT2D eigenvalue weighted by Gasteiger charge is 2.19. The zero-order valence-corrected chi connectivity index (χ0v) is 15.6. The maximum absolute atomic E-state index is 5.25. The summed E-state index contributed by atoms with van der Waals surface area (Å²) in [5.41, 5.74) is 1.96. The third kappa shape index (κ3) is 4.81. The van der Waals surface area contributed by atoms with Crippen LogP contribution in [0.4, 0.5) is 5.69 Å². The van der Waals surface area contributed by atoms with Gasteiger partial charge in [0.15, 0.2) is 0 Å². The van der Waals surface area contributed by atoms with Crippen molar-refractivity contribution in [3.63, 3.8) is 0 Å². The Balaban J connectivity index is 1.60. The summed E-state index contributed by atoms with van der Waals surface area (Å²) in [5.74, 6) is 6.60. The molecule has 1 aromatic heterocycles. The predicted molar refractivity (Wildman–Crippen MR) is 105 cm³/mol. The standard InChI is InChI=1S/C17H22N6S2/c1-13(23(22-21-18)16-5-3-2-4-6-16)24-11-15-12-25-17(20-15)14-7-9-19-10-8-14/h2-6,12,14,19H,1,7-11H2,(H2,18,22).